The largest absolute Gasteiger partial charge is 0.489 e. The van der Waals surface area contributed by atoms with Crippen LogP contribution in [0.2, 0.25) is 0 Å². The average molecular weight is 355 g/mol. The first-order valence-electron chi connectivity index (χ1n) is 9.17. The number of benzene rings is 2. The van der Waals surface area contributed by atoms with E-state index in [-0.39, 0.29) is 5.91 Å². The van der Waals surface area contributed by atoms with Crippen molar-refractivity contribution in [1.82, 2.24) is 5.32 Å². The Bertz CT molecular complexity index is 727. The van der Waals surface area contributed by atoms with Gasteiger partial charge in [0.05, 0.1) is 0 Å². The standard InChI is InChI=1S/C22H29NO3/c1-5-6-13-25-21(22(24)23-4)19-10-8-7-9-18(19)15-26-20-14-16(2)11-12-17(20)3/h7-12,14,21H,5-6,13,15H2,1-4H3,(H,23,24). The van der Waals surface area contributed by atoms with Crippen LogP contribution < -0.4 is 10.1 Å². The number of carbonyl (C=O) groups is 1. The summed E-state index contributed by atoms with van der Waals surface area (Å²) in [7, 11) is 1.63. The van der Waals surface area contributed by atoms with E-state index in [4.69, 9.17) is 9.47 Å². The number of unbranched alkanes of at least 4 members (excludes halogenated alkanes) is 1. The minimum atomic E-state index is -0.620. The van der Waals surface area contributed by atoms with Crippen molar-refractivity contribution in [2.24, 2.45) is 0 Å². The van der Waals surface area contributed by atoms with Gasteiger partial charge in [-0.1, -0.05) is 49.7 Å². The van der Waals surface area contributed by atoms with Crippen LogP contribution in [-0.4, -0.2) is 19.6 Å². The lowest BCUT2D eigenvalue weighted by Crippen LogP contribution is -2.29. The number of hydrogen-bond acceptors (Lipinski definition) is 3. The van der Waals surface area contributed by atoms with Gasteiger partial charge in [-0.2, -0.15) is 0 Å². The summed E-state index contributed by atoms with van der Waals surface area (Å²) in [6.07, 6.45) is 1.33. The SMILES string of the molecule is CCCCOC(C(=O)NC)c1ccccc1COc1cc(C)ccc1C. The van der Waals surface area contributed by atoms with Crippen molar-refractivity contribution in [3.8, 4) is 5.75 Å². The van der Waals surface area contributed by atoms with Crippen LogP contribution in [0.5, 0.6) is 5.75 Å². The molecule has 0 aliphatic heterocycles. The molecule has 0 aromatic heterocycles. The van der Waals surface area contributed by atoms with Crippen molar-refractivity contribution in [3.05, 3.63) is 64.7 Å². The number of rotatable bonds is 9. The van der Waals surface area contributed by atoms with Crippen molar-refractivity contribution in [2.45, 2.75) is 46.3 Å². The third kappa shape index (κ3) is 5.33. The Labute approximate surface area is 156 Å². The lowest BCUT2D eigenvalue weighted by molar-refractivity contribution is -0.132. The Balaban J connectivity index is 2.21. The van der Waals surface area contributed by atoms with Gasteiger partial charge in [0, 0.05) is 13.7 Å². The zero-order valence-corrected chi connectivity index (χ0v) is 16.2. The lowest BCUT2D eigenvalue weighted by Gasteiger charge is -2.20. The molecule has 2 rings (SSSR count). The van der Waals surface area contributed by atoms with Crippen LogP contribution in [0.4, 0.5) is 0 Å². The van der Waals surface area contributed by atoms with Gasteiger partial charge in [-0.05, 0) is 48.6 Å². The fourth-order valence-electron chi connectivity index (χ4n) is 2.72. The molecule has 0 bridgehead atoms. The van der Waals surface area contributed by atoms with Crippen molar-refractivity contribution in [2.75, 3.05) is 13.7 Å². The summed E-state index contributed by atoms with van der Waals surface area (Å²) in [5.74, 6) is 0.725. The number of nitrogens with one attached hydrogen (secondary N) is 1. The minimum Gasteiger partial charge on any atom is -0.489 e. The smallest absolute Gasteiger partial charge is 0.253 e. The molecular weight excluding hydrogens is 326 g/mol. The molecule has 0 fully saturated rings. The van der Waals surface area contributed by atoms with E-state index in [0.29, 0.717) is 13.2 Å². The van der Waals surface area contributed by atoms with Crippen LogP contribution in [0, 0.1) is 13.8 Å². The summed E-state index contributed by atoms with van der Waals surface area (Å²) in [5.41, 5.74) is 4.06. The highest BCUT2D eigenvalue weighted by atomic mass is 16.5. The highest BCUT2D eigenvalue weighted by Crippen LogP contribution is 2.25. The van der Waals surface area contributed by atoms with Crippen molar-refractivity contribution < 1.29 is 14.3 Å². The summed E-state index contributed by atoms with van der Waals surface area (Å²) in [6, 6.07) is 14.0. The zero-order valence-electron chi connectivity index (χ0n) is 16.2. The first kappa shape index (κ1) is 20.0. The second-order valence-electron chi connectivity index (χ2n) is 6.48. The van der Waals surface area contributed by atoms with Crippen LogP contribution in [0.15, 0.2) is 42.5 Å². The molecule has 0 radical (unpaired) electrons. The third-order valence-electron chi connectivity index (χ3n) is 4.33. The zero-order chi connectivity index (χ0) is 18.9. The molecule has 0 heterocycles. The van der Waals surface area contributed by atoms with Gasteiger partial charge in [0.15, 0.2) is 6.10 Å². The molecule has 0 spiro atoms. The maximum atomic E-state index is 12.4. The fraction of sp³-hybridized carbons (Fsp3) is 0.409. The van der Waals surface area contributed by atoms with E-state index in [1.807, 2.05) is 44.2 Å². The molecule has 1 amide bonds. The second kappa shape index (κ2) is 9.97. The van der Waals surface area contributed by atoms with E-state index in [1.54, 1.807) is 7.05 Å². The number of carbonyl (C=O) groups excluding carboxylic acids is 1. The Kier molecular flexibility index (Phi) is 7.67. The second-order valence-corrected chi connectivity index (χ2v) is 6.48. The molecule has 2 aromatic rings. The maximum Gasteiger partial charge on any atom is 0.253 e. The molecule has 0 saturated carbocycles. The van der Waals surface area contributed by atoms with Gasteiger partial charge in [-0.25, -0.2) is 0 Å². The van der Waals surface area contributed by atoms with E-state index in [9.17, 15) is 4.79 Å². The number of likely N-dealkylation sites (N-methyl/N-ethyl adjacent to an activating group) is 1. The predicted molar refractivity (Wildman–Crippen MR) is 104 cm³/mol. The summed E-state index contributed by atoms with van der Waals surface area (Å²) < 4.78 is 11.9. The Morgan fingerprint density at radius 2 is 1.92 bits per heavy atom. The van der Waals surface area contributed by atoms with Gasteiger partial charge in [-0.3, -0.25) is 4.79 Å². The monoisotopic (exact) mass is 355 g/mol. The molecule has 1 N–H and O–H groups in total. The van der Waals surface area contributed by atoms with Crippen molar-refractivity contribution in [1.29, 1.82) is 0 Å². The quantitative estimate of drug-likeness (QED) is 0.674. The molecule has 0 aliphatic rings. The van der Waals surface area contributed by atoms with Crippen LogP contribution in [0.3, 0.4) is 0 Å². The summed E-state index contributed by atoms with van der Waals surface area (Å²) in [5, 5.41) is 2.70. The van der Waals surface area contributed by atoms with Crippen LogP contribution in [0.1, 0.15) is 48.1 Å². The minimum absolute atomic E-state index is 0.139. The van der Waals surface area contributed by atoms with E-state index < -0.39 is 6.10 Å². The number of amides is 1. The molecule has 1 atom stereocenters. The maximum absolute atomic E-state index is 12.4. The Hall–Kier alpha value is -2.33. The number of aryl methyl sites for hydroxylation is 2. The summed E-state index contributed by atoms with van der Waals surface area (Å²) >= 11 is 0. The molecule has 4 nitrogen and oxygen atoms in total. The Morgan fingerprint density at radius 1 is 1.15 bits per heavy atom. The predicted octanol–water partition coefficient (Wildman–Crippen LogP) is 4.49. The van der Waals surface area contributed by atoms with E-state index in [1.165, 1.54) is 0 Å². The van der Waals surface area contributed by atoms with Crippen molar-refractivity contribution in [3.63, 3.8) is 0 Å². The van der Waals surface area contributed by atoms with Gasteiger partial charge in [0.25, 0.3) is 5.91 Å². The van der Waals surface area contributed by atoms with Crippen LogP contribution >= 0.6 is 0 Å². The van der Waals surface area contributed by atoms with Gasteiger partial charge < -0.3 is 14.8 Å². The van der Waals surface area contributed by atoms with Crippen molar-refractivity contribution >= 4 is 5.91 Å². The summed E-state index contributed by atoms with van der Waals surface area (Å²) in [6.45, 7) is 7.13. The highest BCUT2D eigenvalue weighted by Gasteiger charge is 2.23. The first-order chi connectivity index (χ1) is 12.6. The highest BCUT2D eigenvalue weighted by molar-refractivity contribution is 5.82. The van der Waals surface area contributed by atoms with E-state index in [2.05, 4.69) is 24.4 Å². The van der Waals surface area contributed by atoms with E-state index >= 15 is 0 Å². The van der Waals surface area contributed by atoms with Gasteiger partial charge in [-0.15, -0.1) is 0 Å². The van der Waals surface area contributed by atoms with Crippen LogP contribution in [-0.2, 0) is 16.1 Å². The molecular formula is C22H29NO3. The molecule has 0 aliphatic carbocycles. The Morgan fingerprint density at radius 3 is 2.65 bits per heavy atom. The van der Waals surface area contributed by atoms with Gasteiger partial charge in [0.1, 0.15) is 12.4 Å². The summed E-state index contributed by atoms with van der Waals surface area (Å²) in [4.78, 5) is 12.4. The molecule has 0 saturated heterocycles. The molecule has 4 heteroatoms. The molecule has 140 valence electrons. The molecule has 1 unspecified atom stereocenters. The number of hydrogen-bond donors (Lipinski definition) is 1. The van der Waals surface area contributed by atoms with Gasteiger partial charge >= 0.3 is 0 Å². The molecule has 2 aromatic carbocycles. The lowest BCUT2D eigenvalue weighted by atomic mass is 10.0. The molecule has 26 heavy (non-hydrogen) atoms. The normalized spacial score (nSPS) is 11.8. The number of ether oxygens (including phenoxy) is 2. The average Bonchev–Trinajstić information content (AvgIpc) is 2.66. The topological polar surface area (TPSA) is 47.6 Å². The van der Waals surface area contributed by atoms with E-state index in [0.717, 1.165) is 40.8 Å². The van der Waals surface area contributed by atoms with Gasteiger partial charge in [0.2, 0.25) is 0 Å². The van der Waals surface area contributed by atoms with Crippen LogP contribution in [0.25, 0.3) is 0 Å². The third-order valence-corrected chi connectivity index (χ3v) is 4.33. The fourth-order valence-corrected chi connectivity index (χ4v) is 2.72. The first-order valence-corrected chi connectivity index (χ1v) is 9.17.